The van der Waals surface area contributed by atoms with Gasteiger partial charge in [0.25, 0.3) is 0 Å². The maximum absolute atomic E-state index is 4.15. The molecule has 2 rings (SSSR count). The molecule has 1 aliphatic heterocycles. The second-order valence-corrected chi connectivity index (χ2v) is 8.73. The topological polar surface area (TPSA) is 24.3 Å². The summed E-state index contributed by atoms with van der Waals surface area (Å²) in [4.78, 5) is 9.12. The molecule has 0 saturated carbocycles. The molecule has 1 aromatic rings. The molecular weight excluding hydrogens is 272 g/mol. The fourth-order valence-electron chi connectivity index (χ4n) is 2.46. The summed E-state index contributed by atoms with van der Waals surface area (Å²) in [6.45, 7) is 21.6. The maximum atomic E-state index is 4.15. The van der Waals surface area contributed by atoms with Gasteiger partial charge in [-0.05, 0) is 40.2 Å². The van der Waals surface area contributed by atoms with E-state index in [0.717, 1.165) is 5.69 Å². The molecule has 4 heteroatoms. The van der Waals surface area contributed by atoms with Crippen LogP contribution >= 0.6 is 0 Å². The number of aromatic nitrogens is 2. The summed E-state index contributed by atoms with van der Waals surface area (Å²) in [5, 5.41) is 0. The number of hydrogen-bond acceptors (Lipinski definition) is 3. The van der Waals surface area contributed by atoms with Crippen molar-refractivity contribution < 1.29 is 0 Å². The Morgan fingerprint density at radius 1 is 1.00 bits per heavy atom. The highest BCUT2D eigenvalue weighted by Gasteiger charge is 2.19. The minimum Gasteiger partial charge on any atom is -0.332 e. The van der Waals surface area contributed by atoms with E-state index in [0.29, 0.717) is 5.41 Å². The van der Waals surface area contributed by atoms with Crippen molar-refractivity contribution in [1.29, 1.82) is 0 Å². The van der Waals surface area contributed by atoms with E-state index in [1.807, 2.05) is 13.3 Å². The minimum atomic E-state index is 0.168. The summed E-state index contributed by atoms with van der Waals surface area (Å²) in [5.41, 5.74) is 1.70. The number of hydrogen-bond donors (Lipinski definition) is 0. The van der Waals surface area contributed by atoms with Gasteiger partial charge in [0.1, 0.15) is 0 Å². The van der Waals surface area contributed by atoms with Crippen molar-refractivity contribution in [3.8, 4) is 0 Å². The van der Waals surface area contributed by atoms with Gasteiger partial charge < -0.3 is 14.4 Å². The monoisotopic (exact) mass is 308 g/mol. The standard InChI is InChI=1S/C10H22N2.C8H14N2/c1-10(2,3)9-12-7-5-11(4)6-8-12;1-7-5-10(6-9-7)8(2,3)4/h5-9H2,1-4H3;5-6H,1-4H3. The van der Waals surface area contributed by atoms with Crippen molar-refractivity contribution in [2.45, 2.75) is 54.0 Å². The van der Waals surface area contributed by atoms with Crippen LogP contribution in [0, 0.1) is 12.3 Å². The number of piperazine rings is 1. The molecule has 0 unspecified atom stereocenters. The smallest absolute Gasteiger partial charge is 0.0954 e. The predicted octanol–water partition coefficient (Wildman–Crippen LogP) is 3.23. The van der Waals surface area contributed by atoms with Crippen LogP contribution in [-0.2, 0) is 5.54 Å². The first-order valence-corrected chi connectivity index (χ1v) is 8.39. The first-order chi connectivity index (χ1) is 9.97. The van der Waals surface area contributed by atoms with E-state index >= 15 is 0 Å². The van der Waals surface area contributed by atoms with E-state index in [4.69, 9.17) is 0 Å². The van der Waals surface area contributed by atoms with Gasteiger partial charge in [0.05, 0.1) is 12.0 Å². The van der Waals surface area contributed by atoms with Gasteiger partial charge in [-0.25, -0.2) is 4.98 Å². The summed E-state index contributed by atoms with van der Waals surface area (Å²) >= 11 is 0. The third-order valence-corrected chi connectivity index (χ3v) is 3.78. The molecule has 1 saturated heterocycles. The minimum absolute atomic E-state index is 0.168. The first kappa shape index (κ1) is 19.2. The summed E-state index contributed by atoms with van der Waals surface area (Å²) in [6.07, 6.45) is 3.93. The van der Waals surface area contributed by atoms with Gasteiger partial charge in [-0.3, -0.25) is 0 Å². The lowest BCUT2D eigenvalue weighted by molar-refractivity contribution is 0.117. The fraction of sp³-hybridized carbons (Fsp3) is 0.833. The van der Waals surface area contributed by atoms with Gasteiger partial charge in [0, 0.05) is 44.5 Å². The van der Waals surface area contributed by atoms with Gasteiger partial charge >= 0.3 is 0 Å². The Labute approximate surface area is 137 Å². The van der Waals surface area contributed by atoms with Crippen molar-refractivity contribution in [3.63, 3.8) is 0 Å². The molecule has 2 heterocycles. The van der Waals surface area contributed by atoms with E-state index in [2.05, 4.69) is 74.1 Å². The zero-order chi connectivity index (χ0) is 17.0. The van der Waals surface area contributed by atoms with Crippen LogP contribution in [0.15, 0.2) is 12.5 Å². The molecule has 0 N–H and O–H groups in total. The van der Waals surface area contributed by atoms with E-state index in [1.165, 1.54) is 32.7 Å². The Morgan fingerprint density at radius 2 is 1.55 bits per heavy atom. The van der Waals surface area contributed by atoms with Crippen LogP contribution in [-0.4, -0.2) is 59.1 Å². The summed E-state index contributed by atoms with van der Waals surface area (Å²) in [6, 6.07) is 0. The van der Waals surface area contributed by atoms with E-state index < -0.39 is 0 Å². The van der Waals surface area contributed by atoms with E-state index in [1.54, 1.807) is 0 Å². The van der Waals surface area contributed by atoms with Gasteiger partial charge in [-0.15, -0.1) is 0 Å². The molecule has 1 fully saturated rings. The molecule has 0 aliphatic carbocycles. The average Bonchev–Trinajstić information content (AvgIpc) is 2.78. The molecule has 1 aromatic heterocycles. The van der Waals surface area contributed by atoms with Crippen LogP contribution in [0.5, 0.6) is 0 Å². The summed E-state index contributed by atoms with van der Waals surface area (Å²) in [7, 11) is 2.20. The number of nitrogens with zero attached hydrogens (tertiary/aromatic N) is 4. The first-order valence-electron chi connectivity index (χ1n) is 8.39. The number of aryl methyl sites for hydroxylation is 1. The molecule has 0 atom stereocenters. The Bertz CT molecular complexity index is 429. The fourth-order valence-corrected chi connectivity index (χ4v) is 2.46. The molecule has 128 valence electrons. The van der Waals surface area contributed by atoms with Crippen molar-refractivity contribution in [3.05, 3.63) is 18.2 Å². The zero-order valence-electron chi connectivity index (χ0n) is 16.0. The molecule has 22 heavy (non-hydrogen) atoms. The largest absolute Gasteiger partial charge is 0.332 e. The van der Waals surface area contributed by atoms with Crippen LogP contribution in [0.3, 0.4) is 0 Å². The van der Waals surface area contributed by atoms with Crippen LogP contribution in [0.4, 0.5) is 0 Å². The van der Waals surface area contributed by atoms with Gasteiger partial charge in [-0.1, -0.05) is 20.8 Å². The predicted molar refractivity (Wildman–Crippen MR) is 95.4 cm³/mol. The third-order valence-electron chi connectivity index (χ3n) is 3.78. The molecule has 0 spiro atoms. The van der Waals surface area contributed by atoms with Gasteiger partial charge in [0.15, 0.2) is 0 Å². The molecule has 0 radical (unpaired) electrons. The Kier molecular flexibility index (Phi) is 6.63. The maximum Gasteiger partial charge on any atom is 0.0954 e. The van der Waals surface area contributed by atoms with Crippen LogP contribution in [0.1, 0.15) is 47.2 Å². The summed E-state index contributed by atoms with van der Waals surface area (Å²) in [5.74, 6) is 0. The molecule has 0 amide bonds. The Balaban J connectivity index is 0.000000224. The summed E-state index contributed by atoms with van der Waals surface area (Å²) < 4.78 is 2.11. The Morgan fingerprint density at radius 3 is 1.86 bits per heavy atom. The number of rotatable bonds is 1. The number of likely N-dealkylation sites (N-methyl/N-ethyl adjacent to an activating group) is 1. The molecular formula is C18H36N4. The third kappa shape index (κ3) is 7.41. The van der Waals surface area contributed by atoms with E-state index in [-0.39, 0.29) is 5.54 Å². The zero-order valence-corrected chi connectivity index (χ0v) is 16.0. The van der Waals surface area contributed by atoms with Crippen molar-refractivity contribution in [2.24, 2.45) is 5.41 Å². The van der Waals surface area contributed by atoms with Gasteiger partial charge in [0.2, 0.25) is 0 Å². The second kappa shape index (κ2) is 7.60. The molecule has 1 aliphatic rings. The van der Waals surface area contributed by atoms with Crippen molar-refractivity contribution in [1.82, 2.24) is 19.4 Å². The Hall–Kier alpha value is -0.870. The molecule has 0 bridgehead atoms. The van der Waals surface area contributed by atoms with Crippen LogP contribution < -0.4 is 0 Å². The molecule has 4 nitrogen and oxygen atoms in total. The highest BCUT2D eigenvalue weighted by Crippen LogP contribution is 2.16. The quantitative estimate of drug-likeness (QED) is 0.796. The average molecular weight is 309 g/mol. The molecule has 0 aromatic carbocycles. The SMILES string of the molecule is CN1CCN(CC(C)(C)C)CC1.Cc1cn(C(C)(C)C)cn1. The second-order valence-electron chi connectivity index (χ2n) is 8.73. The number of imidazole rings is 1. The van der Waals surface area contributed by atoms with Gasteiger partial charge in [-0.2, -0.15) is 0 Å². The lowest BCUT2D eigenvalue weighted by atomic mass is 9.96. The normalized spacial score (nSPS) is 18.0. The van der Waals surface area contributed by atoms with Crippen molar-refractivity contribution >= 4 is 0 Å². The highest BCUT2D eigenvalue weighted by atomic mass is 15.2. The van der Waals surface area contributed by atoms with Crippen LogP contribution in [0.25, 0.3) is 0 Å². The highest BCUT2D eigenvalue weighted by molar-refractivity contribution is 4.95. The van der Waals surface area contributed by atoms with Crippen molar-refractivity contribution in [2.75, 3.05) is 39.8 Å². The lowest BCUT2D eigenvalue weighted by Gasteiger charge is -2.36. The lowest BCUT2D eigenvalue weighted by Crippen LogP contribution is -2.47. The van der Waals surface area contributed by atoms with E-state index in [9.17, 15) is 0 Å². The van der Waals surface area contributed by atoms with Crippen LogP contribution in [0.2, 0.25) is 0 Å².